The molecule has 0 unspecified atom stereocenters. The first-order valence-corrected chi connectivity index (χ1v) is 7.51. The molecule has 6 nitrogen and oxygen atoms in total. The van der Waals surface area contributed by atoms with Gasteiger partial charge in [0.2, 0.25) is 0 Å². The van der Waals surface area contributed by atoms with Crippen molar-refractivity contribution in [3.05, 3.63) is 23.8 Å². The maximum absolute atomic E-state index is 12.1. The topological polar surface area (TPSA) is 69.0 Å². The highest BCUT2D eigenvalue weighted by Crippen LogP contribution is 2.15. The second-order valence-electron chi connectivity index (χ2n) is 5.29. The summed E-state index contributed by atoms with van der Waals surface area (Å²) in [6, 6.07) is 5.50. The first kappa shape index (κ1) is 14.0. The van der Waals surface area contributed by atoms with E-state index in [0.717, 1.165) is 43.4 Å². The zero-order chi connectivity index (χ0) is 14.7. The van der Waals surface area contributed by atoms with Crippen LogP contribution in [0.2, 0.25) is 0 Å². The lowest BCUT2D eigenvalue weighted by molar-refractivity contribution is 0.0907. The van der Waals surface area contributed by atoms with Gasteiger partial charge in [-0.3, -0.25) is 4.79 Å². The minimum atomic E-state index is -0.0686. The molecule has 112 valence electrons. The zero-order valence-electron chi connectivity index (χ0n) is 12.2. The van der Waals surface area contributed by atoms with Crippen LogP contribution < -0.4 is 5.32 Å². The van der Waals surface area contributed by atoms with Gasteiger partial charge in [-0.2, -0.15) is 0 Å². The number of aryl methyl sites for hydroxylation is 1. The molecule has 6 heteroatoms. The number of benzene rings is 1. The number of carbonyl (C=O) groups excluding carboxylic acids is 1. The van der Waals surface area contributed by atoms with Crippen molar-refractivity contribution in [2.24, 2.45) is 0 Å². The maximum Gasteiger partial charge on any atom is 0.251 e. The minimum Gasteiger partial charge on any atom is -0.378 e. The number of hydrogen-bond acceptors (Lipinski definition) is 4. The predicted octanol–water partition coefficient (Wildman–Crippen LogP) is 1.75. The first-order chi connectivity index (χ1) is 10.3. The van der Waals surface area contributed by atoms with E-state index in [2.05, 4.69) is 15.6 Å². The molecule has 1 saturated heterocycles. The standard InChI is InChI=1S/C15H20N4O2/c1-2-19-14-6-5-11(10-13(14)17-18-19)15(20)16-8-7-12-4-3-9-21-12/h5-6,10,12H,2-4,7-9H2,1H3,(H,16,20)/t12-/m0/s1. The molecule has 0 spiro atoms. The van der Waals surface area contributed by atoms with Crippen LogP contribution in [0.3, 0.4) is 0 Å². The van der Waals surface area contributed by atoms with E-state index < -0.39 is 0 Å². The van der Waals surface area contributed by atoms with E-state index in [-0.39, 0.29) is 5.91 Å². The lowest BCUT2D eigenvalue weighted by Gasteiger charge is -2.10. The monoisotopic (exact) mass is 288 g/mol. The van der Waals surface area contributed by atoms with Crippen LogP contribution >= 0.6 is 0 Å². The summed E-state index contributed by atoms with van der Waals surface area (Å²) >= 11 is 0. The van der Waals surface area contributed by atoms with Crippen molar-refractivity contribution in [1.82, 2.24) is 20.3 Å². The zero-order valence-corrected chi connectivity index (χ0v) is 12.2. The molecule has 0 aliphatic carbocycles. The van der Waals surface area contributed by atoms with Crippen LogP contribution in [-0.4, -0.2) is 40.2 Å². The average Bonchev–Trinajstić information content (AvgIpc) is 3.15. The summed E-state index contributed by atoms with van der Waals surface area (Å²) in [5.74, 6) is -0.0686. The van der Waals surface area contributed by atoms with Gasteiger partial charge in [0, 0.05) is 25.3 Å². The van der Waals surface area contributed by atoms with Crippen molar-refractivity contribution in [1.29, 1.82) is 0 Å². The molecule has 3 rings (SSSR count). The summed E-state index contributed by atoms with van der Waals surface area (Å²) in [4.78, 5) is 12.1. The Kier molecular flexibility index (Phi) is 4.15. The Hall–Kier alpha value is -1.95. The van der Waals surface area contributed by atoms with Crippen LogP contribution in [0.25, 0.3) is 11.0 Å². The van der Waals surface area contributed by atoms with Crippen molar-refractivity contribution in [3.8, 4) is 0 Å². The van der Waals surface area contributed by atoms with Crippen LogP contribution in [0, 0.1) is 0 Å². The third-order valence-electron chi connectivity index (χ3n) is 3.85. The van der Waals surface area contributed by atoms with E-state index in [0.29, 0.717) is 18.2 Å². The molecular formula is C15H20N4O2. The Balaban J connectivity index is 1.61. The number of hydrogen-bond donors (Lipinski definition) is 1. The fourth-order valence-corrected chi connectivity index (χ4v) is 2.67. The molecule has 1 N–H and O–H groups in total. The summed E-state index contributed by atoms with van der Waals surface area (Å²) < 4.78 is 7.35. The second kappa shape index (κ2) is 6.22. The molecule has 2 heterocycles. The number of amides is 1. The van der Waals surface area contributed by atoms with Crippen LogP contribution in [0.1, 0.15) is 36.5 Å². The lowest BCUT2D eigenvalue weighted by Crippen LogP contribution is -2.27. The van der Waals surface area contributed by atoms with Gasteiger partial charge in [-0.05, 0) is 44.4 Å². The molecule has 21 heavy (non-hydrogen) atoms. The lowest BCUT2D eigenvalue weighted by atomic mass is 10.1. The highest BCUT2D eigenvalue weighted by molar-refractivity contribution is 5.97. The largest absolute Gasteiger partial charge is 0.378 e. The molecule has 2 aromatic rings. The van der Waals surface area contributed by atoms with E-state index in [9.17, 15) is 4.79 Å². The maximum atomic E-state index is 12.1. The van der Waals surface area contributed by atoms with Gasteiger partial charge in [0.05, 0.1) is 11.6 Å². The smallest absolute Gasteiger partial charge is 0.251 e. The number of aromatic nitrogens is 3. The SMILES string of the molecule is CCn1nnc2cc(C(=O)NCC[C@@H]3CCCO3)ccc21. The molecule has 1 aliphatic rings. The fourth-order valence-electron chi connectivity index (χ4n) is 2.67. The van der Waals surface area contributed by atoms with Gasteiger partial charge in [0.15, 0.2) is 0 Å². The molecule has 1 atom stereocenters. The highest BCUT2D eigenvalue weighted by Gasteiger charge is 2.15. The quantitative estimate of drug-likeness (QED) is 0.910. The summed E-state index contributed by atoms with van der Waals surface area (Å²) in [6.07, 6.45) is 3.40. The number of ether oxygens (including phenoxy) is 1. The molecule has 0 saturated carbocycles. The highest BCUT2D eigenvalue weighted by atomic mass is 16.5. The molecule has 1 amide bonds. The predicted molar refractivity (Wildman–Crippen MR) is 79.1 cm³/mol. The van der Waals surface area contributed by atoms with Crippen molar-refractivity contribution < 1.29 is 9.53 Å². The van der Waals surface area contributed by atoms with E-state index in [1.807, 2.05) is 23.7 Å². The molecule has 1 aliphatic heterocycles. The summed E-state index contributed by atoms with van der Waals surface area (Å²) in [5, 5.41) is 11.1. The number of fused-ring (bicyclic) bond motifs is 1. The summed E-state index contributed by atoms with van der Waals surface area (Å²) in [6.45, 7) is 4.27. The molecule has 1 aromatic heterocycles. The van der Waals surface area contributed by atoms with E-state index in [4.69, 9.17) is 4.74 Å². The second-order valence-corrected chi connectivity index (χ2v) is 5.29. The van der Waals surface area contributed by atoms with Gasteiger partial charge in [-0.15, -0.1) is 5.10 Å². The molecule has 0 radical (unpaired) electrons. The summed E-state index contributed by atoms with van der Waals surface area (Å²) in [5.41, 5.74) is 2.33. The number of rotatable bonds is 5. The van der Waals surface area contributed by atoms with Gasteiger partial charge in [0.1, 0.15) is 5.52 Å². The molecule has 1 aromatic carbocycles. The fraction of sp³-hybridized carbons (Fsp3) is 0.533. The Bertz CT molecular complexity index is 632. The van der Waals surface area contributed by atoms with Gasteiger partial charge in [0.25, 0.3) is 5.91 Å². The normalized spacial score (nSPS) is 18.2. The van der Waals surface area contributed by atoms with Crippen LogP contribution in [0.4, 0.5) is 0 Å². The number of nitrogens with one attached hydrogen (secondary N) is 1. The minimum absolute atomic E-state index is 0.0686. The first-order valence-electron chi connectivity index (χ1n) is 7.51. The molecule has 0 bridgehead atoms. The van der Waals surface area contributed by atoms with Gasteiger partial charge in [-0.1, -0.05) is 5.21 Å². The van der Waals surface area contributed by atoms with E-state index in [1.165, 1.54) is 0 Å². The van der Waals surface area contributed by atoms with Crippen molar-refractivity contribution in [3.63, 3.8) is 0 Å². The molecule has 1 fully saturated rings. The van der Waals surface area contributed by atoms with Crippen LogP contribution in [0.15, 0.2) is 18.2 Å². The molecular weight excluding hydrogens is 268 g/mol. The van der Waals surface area contributed by atoms with E-state index in [1.54, 1.807) is 6.07 Å². The van der Waals surface area contributed by atoms with Crippen molar-refractivity contribution >= 4 is 16.9 Å². The Morgan fingerprint density at radius 2 is 2.43 bits per heavy atom. The Morgan fingerprint density at radius 1 is 1.52 bits per heavy atom. The van der Waals surface area contributed by atoms with Crippen molar-refractivity contribution in [2.45, 2.75) is 38.8 Å². The van der Waals surface area contributed by atoms with E-state index >= 15 is 0 Å². The summed E-state index contributed by atoms with van der Waals surface area (Å²) in [7, 11) is 0. The number of nitrogens with zero attached hydrogens (tertiary/aromatic N) is 3. The van der Waals surface area contributed by atoms with Gasteiger partial charge < -0.3 is 10.1 Å². The third-order valence-corrected chi connectivity index (χ3v) is 3.85. The van der Waals surface area contributed by atoms with Gasteiger partial charge in [-0.25, -0.2) is 4.68 Å². The van der Waals surface area contributed by atoms with Crippen LogP contribution in [0.5, 0.6) is 0 Å². The number of carbonyl (C=O) groups is 1. The Labute approximate surface area is 123 Å². The third kappa shape index (κ3) is 3.05. The van der Waals surface area contributed by atoms with Gasteiger partial charge >= 0.3 is 0 Å². The van der Waals surface area contributed by atoms with Crippen molar-refractivity contribution in [2.75, 3.05) is 13.2 Å². The van der Waals surface area contributed by atoms with Crippen LogP contribution in [-0.2, 0) is 11.3 Å². The average molecular weight is 288 g/mol. The Morgan fingerprint density at radius 3 is 3.19 bits per heavy atom.